The second kappa shape index (κ2) is 7.19. The van der Waals surface area contributed by atoms with E-state index in [0.29, 0.717) is 19.5 Å². The molecule has 1 saturated heterocycles. The molecular weight excluding hydrogens is 310 g/mol. The number of aryl methyl sites for hydroxylation is 1. The number of hydrogen-bond acceptors (Lipinski definition) is 5. The van der Waals surface area contributed by atoms with Crippen molar-refractivity contribution in [3.63, 3.8) is 0 Å². The Morgan fingerprint density at radius 3 is 2.83 bits per heavy atom. The molecule has 0 spiro atoms. The topological polar surface area (TPSA) is 66.3 Å². The van der Waals surface area contributed by atoms with Crippen LogP contribution in [0.3, 0.4) is 0 Å². The molecule has 6 heteroatoms. The van der Waals surface area contributed by atoms with Crippen LogP contribution < -0.4 is 0 Å². The zero-order chi connectivity index (χ0) is 16.2. The summed E-state index contributed by atoms with van der Waals surface area (Å²) in [5.74, 6) is 0.288. The highest BCUT2D eigenvalue weighted by Crippen LogP contribution is 2.29. The van der Waals surface area contributed by atoms with Gasteiger partial charge in [0.1, 0.15) is 0 Å². The fourth-order valence-corrected chi connectivity index (χ4v) is 3.63. The Balaban J connectivity index is 1.53. The van der Waals surface area contributed by atoms with Crippen molar-refractivity contribution in [2.24, 2.45) is 5.92 Å². The van der Waals surface area contributed by atoms with Crippen LogP contribution in [0.25, 0.3) is 0 Å². The van der Waals surface area contributed by atoms with Gasteiger partial charge in [0.2, 0.25) is 5.91 Å². The van der Waals surface area contributed by atoms with E-state index >= 15 is 0 Å². The maximum Gasteiger partial charge on any atom is 0.228 e. The number of aliphatic hydroxyl groups excluding tert-OH is 1. The van der Waals surface area contributed by atoms with E-state index in [1.165, 1.54) is 0 Å². The molecule has 0 radical (unpaired) electrons. The van der Waals surface area contributed by atoms with E-state index in [1.807, 2.05) is 35.4 Å². The Hall–Kier alpha value is -1.79. The first-order valence-corrected chi connectivity index (χ1v) is 8.79. The van der Waals surface area contributed by atoms with Gasteiger partial charge >= 0.3 is 0 Å². The Bertz CT molecular complexity index is 651. The third-order valence-corrected chi connectivity index (χ3v) is 5.15. The van der Waals surface area contributed by atoms with Gasteiger partial charge in [-0.3, -0.25) is 9.78 Å². The van der Waals surface area contributed by atoms with Crippen LogP contribution in [0.15, 0.2) is 29.8 Å². The molecule has 1 atom stereocenters. The van der Waals surface area contributed by atoms with E-state index < -0.39 is 6.10 Å². The number of piperidine rings is 1. The van der Waals surface area contributed by atoms with Crippen LogP contribution >= 0.6 is 11.3 Å². The Labute approximate surface area is 140 Å². The first-order valence-electron chi connectivity index (χ1n) is 7.91. The van der Waals surface area contributed by atoms with Crippen LogP contribution in [0.2, 0.25) is 0 Å². The van der Waals surface area contributed by atoms with Crippen molar-refractivity contribution in [3.8, 4) is 0 Å². The number of pyridine rings is 1. The number of likely N-dealkylation sites (tertiary alicyclic amines) is 1. The summed E-state index contributed by atoms with van der Waals surface area (Å²) in [6.07, 6.45) is 3.14. The average Bonchev–Trinajstić information content (AvgIpc) is 3.00. The molecule has 1 aliphatic rings. The van der Waals surface area contributed by atoms with Gasteiger partial charge in [-0.1, -0.05) is 6.07 Å². The van der Waals surface area contributed by atoms with Crippen molar-refractivity contribution in [1.29, 1.82) is 0 Å². The van der Waals surface area contributed by atoms with Gasteiger partial charge in [0.15, 0.2) is 0 Å². The largest absolute Gasteiger partial charge is 0.387 e. The first-order chi connectivity index (χ1) is 11.1. The zero-order valence-electron chi connectivity index (χ0n) is 13.2. The second-order valence-electron chi connectivity index (χ2n) is 5.95. The molecule has 0 aromatic carbocycles. The molecule has 3 heterocycles. The quantitative estimate of drug-likeness (QED) is 0.934. The lowest BCUT2D eigenvalue weighted by molar-refractivity contribution is -0.132. The molecule has 1 amide bonds. The summed E-state index contributed by atoms with van der Waals surface area (Å²) >= 11 is 1.57. The van der Waals surface area contributed by atoms with Crippen molar-refractivity contribution in [2.75, 3.05) is 13.1 Å². The number of thiazole rings is 1. The van der Waals surface area contributed by atoms with Gasteiger partial charge in [-0.25, -0.2) is 4.98 Å². The molecule has 5 nitrogen and oxygen atoms in total. The summed E-state index contributed by atoms with van der Waals surface area (Å²) in [7, 11) is 0. The molecule has 122 valence electrons. The maximum atomic E-state index is 12.3. The van der Waals surface area contributed by atoms with E-state index in [9.17, 15) is 9.90 Å². The van der Waals surface area contributed by atoms with Crippen LogP contribution in [0.1, 0.15) is 35.3 Å². The standard InChI is InChI=1S/C17H21N3O2S/c1-12-19-14(11-23-12)10-16(21)20-8-5-13(6-9-20)17(22)15-4-2-3-7-18-15/h2-4,7,11,13,17,22H,5-6,8-10H2,1H3/t17-/m0/s1. The van der Waals surface area contributed by atoms with E-state index in [4.69, 9.17) is 0 Å². The molecule has 23 heavy (non-hydrogen) atoms. The molecule has 0 bridgehead atoms. The van der Waals surface area contributed by atoms with Gasteiger partial charge in [0, 0.05) is 24.7 Å². The summed E-state index contributed by atoms with van der Waals surface area (Å²) in [4.78, 5) is 22.8. The van der Waals surface area contributed by atoms with E-state index in [0.717, 1.165) is 29.2 Å². The minimum Gasteiger partial charge on any atom is -0.387 e. The van der Waals surface area contributed by atoms with Gasteiger partial charge < -0.3 is 10.0 Å². The lowest BCUT2D eigenvalue weighted by atomic mass is 9.89. The number of aromatic nitrogens is 2. The van der Waals surface area contributed by atoms with Crippen LogP contribution in [0.4, 0.5) is 0 Å². The molecule has 0 saturated carbocycles. The third-order valence-electron chi connectivity index (χ3n) is 4.33. The van der Waals surface area contributed by atoms with Crippen molar-refractivity contribution >= 4 is 17.2 Å². The Morgan fingerprint density at radius 1 is 1.43 bits per heavy atom. The van der Waals surface area contributed by atoms with Gasteiger partial charge in [0.05, 0.1) is 28.9 Å². The number of carbonyl (C=O) groups excluding carboxylic acids is 1. The average molecular weight is 331 g/mol. The highest BCUT2D eigenvalue weighted by atomic mass is 32.1. The molecule has 0 unspecified atom stereocenters. The van der Waals surface area contributed by atoms with E-state index in [-0.39, 0.29) is 11.8 Å². The Morgan fingerprint density at radius 2 is 2.22 bits per heavy atom. The number of rotatable bonds is 4. The van der Waals surface area contributed by atoms with Crippen molar-refractivity contribution in [3.05, 3.63) is 46.2 Å². The van der Waals surface area contributed by atoms with Gasteiger partial charge in [-0.2, -0.15) is 0 Å². The number of amides is 1. The fourth-order valence-electron chi connectivity index (χ4n) is 3.01. The maximum absolute atomic E-state index is 12.3. The molecule has 1 aliphatic heterocycles. The molecule has 0 aliphatic carbocycles. The summed E-state index contributed by atoms with van der Waals surface area (Å²) in [6.45, 7) is 3.33. The van der Waals surface area contributed by atoms with Gasteiger partial charge in [-0.05, 0) is 37.8 Å². The highest BCUT2D eigenvalue weighted by Gasteiger charge is 2.28. The normalized spacial score (nSPS) is 17.2. The van der Waals surface area contributed by atoms with E-state index in [2.05, 4.69) is 9.97 Å². The smallest absolute Gasteiger partial charge is 0.228 e. The molecule has 2 aromatic rings. The van der Waals surface area contributed by atoms with Crippen molar-refractivity contribution < 1.29 is 9.90 Å². The highest BCUT2D eigenvalue weighted by molar-refractivity contribution is 7.09. The lowest BCUT2D eigenvalue weighted by Gasteiger charge is -2.34. The summed E-state index contributed by atoms with van der Waals surface area (Å²) in [5, 5.41) is 13.4. The SMILES string of the molecule is Cc1nc(CC(=O)N2CCC([C@H](O)c3ccccn3)CC2)cs1. The van der Waals surface area contributed by atoms with Crippen LogP contribution in [-0.4, -0.2) is 39.0 Å². The second-order valence-corrected chi connectivity index (χ2v) is 7.01. The van der Waals surface area contributed by atoms with Gasteiger partial charge in [0.25, 0.3) is 0 Å². The number of nitrogens with zero attached hydrogens (tertiary/aromatic N) is 3. The molecular formula is C17H21N3O2S. The van der Waals surface area contributed by atoms with Crippen molar-refractivity contribution in [1.82, 2.24) is 14.9 Å². The zero-order valence-corrected chi connectivity index (χ0v) is 14.0. The molecule has 1 fully saturated rings. The lowest BCUT2D eigenvalue weighted by Crippen LogP contribution is -2.40. The summed E-state index contributed by atoms with van der Waals surface area (Å²) in [5.41, 5.74) is 1.57. The minimum atomic E-state index is -0.547. The fraction of sp³-hybridized carbons (Fsp3) is 0.471. The third kappa shape index (κ3) is 3.95. The van der Waals surface area contributed by atoms with Crippen LogP contribution in [0, 0.1) is 12.8 Å². The molecule has 2 aromatic heterocycles. The molecule has 1 N–H and O–H groups in total. The van der Waals surface area contributed by atoms with Crippen LogP contribution in [0.5, 0.6) is 0 Å². The monoisotopic (exact) mass is 331 g/mol. The summed E-state index contributed by atoms with van der Waals surface area (Å²) < 4.78 is 0. The predicted molar refractivity (Wildman–Crippen MR) is 89.1 cm³/mol. The van der Waals surface area contributed by atoms with E-state index in [1.54, 1.807) is 17.5 Å². The van der Waals surface area contributed by atoms with Crippen molar-refractivity contribution in [2.45, 2.75) is 32.3 Å². The number of aliphatic hydroxyl groups is 1. The van der Waals surface area contributed by atoms with Gasteiger partial charge in [-0.15, -0.1) is 11.3 Å². The Kier molecular flexibility index (Phi) is 5.03. The number of carbonyl (C=O) groups is 1. The predicted octanol–water partition coefficient (Wildman–Crippen LogP) is 2.36. The number of hydrogen-bond donors (Lipinski definition) is 1. The minimum absolute atomic E-state index is 0.126. The molecule has 3 rings (SSSR count). The summed E-state index contributed by atoms with van der Waals surface area (Å²) in [6, 6.07) is 5.59. The van der Waals surface area contributed by atoms with Crippen LogP contribution in [-0.2, 0) is 11.2 Å². The first kappa shape index (κ1) is 16.1.